The third kappa shape index (κ3) is 1.50. The van der Waals surface area contributed by atoms with Gasteiger partial charge in [0.1, 0.15) is 0 Å². The fourth-order valence-electron chi connectivity index (χ4n) is 0.332. The van der Waals surface area contributed by atoms with E-state index in [0.29, 0.717) is 0 Å². The maximum Gasteiger partial charge on any atom is 0.234 e. The molecule has 0 N–H and O–H groups in total. The van der Waals surface area contributed by atoms with Crippen LogP contribution in [0.4, 0.5) is 4.39 Å². The monoisotopic (exact) mass is 166 g/mol. The Morgan fingerprint density at radius 3 is 2.44 bits per heavy atom. The topological polar surface area (TPSA) is 25.8 Å². The van der Waals surface area contributed by atoms with Gasteiger partial charge in [-0.25, -0.2) is 0 Å². The summed E-state index contributed by atoms with van der Waals surface area (Å²) in [6.45, 7) is 0. The number of nitrogens with zero attached hydrogens (tertiary/aromatic N) is 2. The highest BCUT2D eigenvalue weighted by molar-refractivity contribution is 6.41. The molecule has 0 atom stereocenters. The summed E-state index contributed by atoms with van der Waals surface area (Å²) < 4.78 is 12.0. The van der Waals surface area contributed by atoms with Gasteiger partial charge in [-0.2, -0.15) is 4.39 Å². The van der Waals surface area contributed by atoms with E-state index >= 15 is 0 Å². The van der Waals surface area contributed by atoms with Crippen LogP contribution in [0.2, 0.25) is 10.2 Å². The van der Waals surface area contributed by atoms with E-state index in [2.05, 4.69) is 10.2 Å². The summed E-state index contributed by atoms with van der Waals surface area (Å²) in [7, 11) is 0. The minimum absolute atomic E-state index is 0.0121. The summed E-state index contributed by atoms with van der Waals surface area (Å²) in [5.41, 5.74) is 0. The zero-order valence-corrected chi connectivity index (χ0v) is 5.62. The molecule has 0 unspecified atom stereocenters. The van der Waals surface area contributed by atoms with Gasteiger partial charge in [-0.3, -0.25) is 0 Å². The zero-order chi connectivity index (χ0) is 6.85. The Kier molecular flexibility index (Phi) is 1.83. The molecule has 0 aromatic carbocycles. The Morgan fingerprint density at radius 2 is 2.00 bits per heavy atom. The minimum atomic E-state index is -0.732. The maximum absolute atomic E-state index is 12.0. The van der Waals surface area contributed by atoms with Crippen molar-refractivity contribution in [1.82, 2.24) is 10.2 Å². The molecule has 0 amide bonds. The summed E-state index contributed by atoms with van der Waals surface area (Å²) in [6.07, 6.45) is 0. The number of hydrogen-bond donors (Lipinski definition) is 0. The molecule has 5 heteroatoms. The molecule has 2 nitrogen and oxygen atoms in total. The number of hydrogen-bond acceptors (Lipinski definition) is 2. The summed E-state index contributed by atoms with van der Waals surface area (Å²) in [5.74, 6) is -0.732. The lowest BCUT2D eigenvalue weighted by molar-refractivity contribution is 0.563. The standard InChI is InChI=1S/C4HCl2FN2/c5-2-1-3(7)8-9-4(2)6/h1H. The van der Waals surface area contributed by atoms with Crippen molar-refractivity contribution in [1.29, 1.82) is 0 Å². The average molecular weight is 167 g/mol. The van der Waals surface area contributed by atoms with Gasteiger partial charge in [-0.15, -0.1) is 10.2 Å². The van der Waals surface area contributed by atoms with Crippen molar-refractivity contribution >= 4 is 23.2 Å². The van der Waals surface area contributed by atoms with Crippen LogP contribution in [0.5, 0.6) is 0 Å². The highest BCUT2D eigenvalue weighted by Crippen LogP contribution is 2.16. The molecule has 1 heterocycles. The second kappa shape index (κ2) is 2.45. The molecule has 0 bridgehead atoms. The van der Waals surface area contributed by atoms with Crippen LogP contribution < -0.4 is 0 Å². The SMILES string of the molecule is Fc1cc(Cl)c(Cl)nn1. The van der Waals surface area contributed by atoms with Gasteiger partial charge in [0.05, 0.1) is 5.02 Å². The molecular formula is C4HCl2FN2. The first-order valence-corrected chi connectivity index (χ1v) is 2.80. The second-order valence-corrected chi connectivity index (χ2v) is 2.07. The van der Waals surface area contributed by atoms with Crippen LogP contribution in [0, 0.1) is 5.95 Å². The van der Waals surface area contributed by atoms with Crippen molar-refractivity contribution in [2.24, 2.45) is 0 Å². The lowest BCUT2D eigenvalue weighted by Crippen LogP contribution is -1.86. The van der Waals surface area contributed by atoms with Gasteiger partial charge in [0.25, 0.3) is 0 Å². The van der Waals surface area contributed by atoms with Crippen molar-refractivity contribution in [3.8, 4) is 0 Å². The smallest absolute Gasteiger partial charge is 0.183 e. The van der Waals surface area contributed by atoms with Crippen molar-refractivity contribution < 1.29 is 4.39 Å². The third-order valence-electron chi connectivity index (χ3n) is 0.676. The normalized spacial score (nSPS) is 9.67. The Bertz CT molecular complexity index is 228. The van der Waals surface area contributed by atoms with Crippen LogP contribution in [0.25, 0.3) is 0 Å². The Balaban J connectivity index is 3.17. The molecule has 0 aliphatic heterocycles. The predicted molar refractivity (Wildman–Crippen MR) is 32.0 cm³/mol. The van der Waals surface area contributed by atoms with Crippen molar-refractivity contribution in [2.75, 3.05) is 0 Å². The van der Waals surface area contributed by atoms with Gasteiger partial charge in [0.2, 0.25) is 5.95 Å². The molecule has 48 valence electrons. The average Bonchev–Trinajstić information content (AvgIpc) is 1.80. The number of rotatable bonds is 0. The van der Waals surface area contributed by atoms with E-state index < -0.39 is 5.95 Å². The van der Waals surface area contributed by atoms with Gasteiger partial charge >= 0.3 is 0 Å². The first-order valence-electron chi connectivity index (χ1n) is 2.04. The Hall–Kier alpha value is -0.410. The van der Waals surface area contributed by atoms with E-state index in [-0.39, 0.29) is 10.2 Å². The predicted octanol–water partition coefficient (Wildman–Crippen LogP) is 1.92. The lowest BCUT2D eigenvalue weighted by Gasteiger charge is -1.89. The fourth-order valence-corrected chi connectivity index (χ4v) is 0.553. The molecule has 0 aliphatic rings. The molecular weight excluding hydrogens is 166 g/mol. The summed E-state index contributed by atoms with van der Waals surface area (Å²) >= 11 is 10.6. The summed E-state index contributed by atoms with van der Waals surface area (Å²) in [4.78, 5) is 0. The highest BCUT2D eigenvalue weighted by atomic mass is 35.5. The van der Waals surface area contributed by atoms with Crippen LogP contribution in [-0.4, -0.2) is 10.2 Å². The molecule has 0 spiro atoms. The highest BCUT2D eigenvalue weighted by Gasteiger charge is 1.99. The first kappa shape index (κ1) is 6.71. The lowest BCUT2D eigenvalue weighted by atomic mass is 10.6. The molecule has 0 saturated carbocycles. The number of halogens is 3. The van der Waals surface area contributed by atoms with E-state index in [1.807, 2.05) is 0 Å². The fraction of sp³-hybridized carbons (Fsp3) is 0. The van der Waals surface area contributed by atoms with Crippen molar-refractivity contribution in [2.45, 2.75) is 0 Å². The minimum Gasteiger partial charge on any atom is -0.183 e. The summed E-state index contributed by atoms with van der Waals surface area (Å²) in [5, 5.41) is 6.28. The van der Waals surface area contributed by atoms with Crippen molar-refractivity contribution in [3.63, 3.8) is 0 Å². The van der Waals surface area contributed by atoms with Gasteiger partial charge in [0, 0.05) is 6.07 Å². The molecule has 0 fully saturated rings. The molecule has 0 radical (unpaired) electrons. The number of aromatic nitrogens is 2. The largest absolute Gasteiger partial charge is 0.234 e. The van der Waals surface area contributed by atoms with E-state index in [0.717, 1.165) is 6.07 Å². The second-order valence-electron chi connectivity index (χ2n) is 1.31. The molecule has 0 aliphatic carbocycles. The molecule has 1 aromatic rings. The van der Waals surface area contributed by atoms with Crippen LogP contribution >= 0.6 is 23.2 Å². The van der Waals surface area contributed by atoms with Crippen molar-refractivity contribution in [3.05, 3.63) is 22.2 Å². The van der Waals surface area contributed by atoms with Crippen LogP contribution in [0.3, 0.4) is 0 Å². The molecule has 1 aromatic heterocycles. The summed E-state index contributed by atoms with van der Waals surface area (Å²) in [6, 6.07) is 0.997. The van der Waals surface area contributed by atoms with Crippen LogP contribution in [0.1, 0.15) is 0 Å². The Labute approximate surface area is 60.6 Å². The maximum atomic E-state index is 12.0. The molecule has 0 saturated heterocycles. The van der Waals surface area contributed by atoms with Gasteiger partial charge < -0.3 is 0 Å². The molecule has 1 rings (SSSR count). The van der Waals surface area contributed by atoms with E-state index in [1.165, 1.54) is 0 Å². The van der Waals surface area contributed by atoms with Gasteiger partial charge in [0.15, 0.2) is 5.15 Å². The van der Waals surface area contributed by atoms with E-state index in [4.69, 9.17) is 23.2 Å². The van der Waals surface area contributed by atoms with Crippen LogP contribution in [0.15, 0.2) is 6.07 Å². The van der Waals surface area contributed by atoms with E-state index in [1.54, 1.807) is 0 Å². The first-order chi connectivity index (χ1) is 4.20. The van der Waals surface area contributed by atoms with Gasteiger partial charge in [-0.1, -0.05) is 23.2 Å². The third-order valence-corrected chi connectivity index (χ3v) is 1.34. The van der Waals surface area contributed by atoms with Crippen LogP contribution in [-0.2, 0) is 0 Å². The zero-order valence-electron chi connectivity index (χ0n) is 4.11. The van der Waals surface area contributed by atoms with E-state index in [9.17, 15) is 4.39 Å². The molecule has 9 heavy (non-hydrogen) atoms. The van der Waals surface area contributed by atoms with Gasteiger partial charge in [-0.05, 0) is 0 Å². The Morgan fingerprint density at radius 1 is 1.33 bits per heavy atom. The quantitative estimate of drug-likeness (QED) is 0.589.